The van der Waals surface area contributed by atoms with Gasteiger partial charge >= 0.3 is 0 Å². The Labute approximate surface area is 131 Å². The molecular weight excluding hydrogens is 256 g/mol. The summed E-state index contributed by atoms with van der Waals surface area (Å²) >= 11 is 0. The Bertz CT molecular complexity index is 358. The molecule has 0 amide bonds. The highest BCUT2D eigenvalue weighted by Gasteiger charge is 2.11. The summed E-state index contributed by atoms with van der Waals surface area (Å²) in [5.41, 5.74) is 2.82. The number of nitrogens with zero attached hydrogens (tertiary/aromatic N) is 1. The molecule has 1 rings (SSSR count). The molecule has 21 heavy (non-hydrogen) atoms. The third kappa shape index (κ3) is 7.10. The Hall–Kier alpha value is -0.860. The van der Waals surface area contributed by atoms with Gasteiger partial charge in [0.05, 0.1) is 0 Å². The van der Waals surface area contributed by atoms with E-state index in [2.05, 4.69) is 62.2 Å². The van der Waals surface area contributed by atoms with Crippen LogP contribution in [0.25, 0.3) is 0 Å². The second-order valence-electron chi connectivity index (χ2n) is 6.07. The van der Waals surface area contributed by atoms with Crippen molar-refractivity contribution in [3.8, 4) is 0 Å². The summed E-state index contributed by atoms with van der Waals surface area (Å²) in [5.74, 6) is 0. The maximum Gasteiger partial charge on any atom is 0.0236 e. The lowest BCUT2D eigenvalue weighted by Crippen LogP contribution is -2.33. The molecule has 0 heterocycles. The van der Waals surface area contributed by atoms with E-state index in [9.17, 15) is 0 Å². The van der Waals surface area contributed by atoms with Crippen LogP contribution in [-0.2, 0) is 13.1 Å². The van der Waals surface area contributed by atoms with Crippen LogP contribution in [0.15, 0.2) is 24.3 Å². The molecule has 0 fully saturated rings. The number of unbranched alkanes of at least 4 members (excludes halogenated alkanes) is 1. The highest BCUT2D eigenvalue weighted by molar-refractivity contribution is 5.22. The lowest BCUT2D eigenvalue weighted by atomic mass is 10.1. The second kappa shape index (κ2) is 10.8. The molecule has 0 spiro atoms. The summed E-state index contributed by atoms with van der Waals surface area (Å²) in [4.78, 5) is 2.62. The fourth-order valence-electron chi connectivity index (χ4n) is 2.48. The Morgan fingerprint density at radius 1 is 1.00 bits per heavy atom. The number of benzene rings is 1. The summed E-state index contributed by atoms with van der Waals surface area (Å²) < 4.78 is 0. The Kier molecular flexibility index (Phi) is 9.36. The monoisotopic (exact) mass is 290 g/mol. The van der Waals surface area contributed by atoms with Crippen LogP contribution in [0.1, 0.15) is 64.5 Å². The molecule has 2 nitrogen and oxygen atoms in total. The summed E-state index contributed by atoms with van der Waals surface area (Å²) in [7, 11) is 0. The molecule has 0 aromatic heterocycles. The van der Waals surface area contributed by atoms with Crippen molar-refractivity contribution >= 4 is 0 Å². The van der Waals surface area contributed by atoms with E-state index in [0.29, 0.717) is 6.04 Å². The average molecular weight is 290 g/mol. The molecule has 0 aliphatic carbocycles. The van der Waals surface area contributed by atoms with E-state index in [1.165, 1.54) is 43.4 Å². The van der Waals surface area contributed by atoms with Gasteiger partial charge in [-0.3, -0.25) is 4.90 Å². The first kappa shape index (κ1) is 18.2. The van der Waals surface area contributed by atoms with Crippen molar-refractivity contribution in [3.05, 3.63) is 35.4 Å². The normalized spacial score (nSPS) is 12.8. The lowest BCUT2D eigenvalue weighted by Gasteiger charge is -2.28. The average Bonchev–Trinajstić information content (AvgIpc) is 2.52. The van der Waals surface area contributed by atoms with Crippen LogP contribution in [0.2, 0.25) is 0 Å². The highest BCUT2D eigenvalue weighted by atomic mass is 15.1. The molecule has 1 aromatic rings. The molecule has 1 N–H and O–H groups in total. The van der Waals surface area contributed by atoms with Crippen LogP contribution in [-0.4, -0.2) is 24.0 Å². The maximum absolute atomic E-state index is 3.46. The summed E-state index contributed by atoms with van der Waals surface area (Å²) in [6.07, 6.45) is 4.99. The van der Waals surface area contributed by atoms with E-state index in [0.717, 1.165) is 19.6 Å². The third-order valence-electron chi connectivity index (χ3n) is 4.18. The van der Waals surface area contributed by atoms with Gasteiger partial charge in [-0.25, -0.2) is 0 Å². The molecule has 0 radical (unpaired) electrons. The van der Waals surface area contributed by atoms with Gasteiger partial charge in [0.2, 0.25) is 0 Å². The van der Waals surface area contributed by atoms with Crippen LogP contribution in [0.5, 0.6) is 0 Å². The molecular formula is C19H34N2. The molecule has 2 heteroatoms. The lowest BCUT2D eigenvalue weighted by molar-refractivity contribution is 0.192. The SMILES string of the molecule is CCCCN(Cc1ccc(CNCCC)cc1)C(C)CC. The van der Waals surface area contributed by atoms with Gasteiger partial charge in [-0.15, -0.1) is 0 Å². The first-order valence-corrected chi connectivity index (χ1v) is 8.73. The fourth-order valence-corrected chi connectivity index (χ4v) is 2.48. The quantitative estimate of drug-likeness (QED) is 0.600. The number of hydrogen-bond donors (Lipinski definition) is 1. The van der Waals surface area contributed by atoms with Crippen LogP contribution in [0.3, 0.4) is 0 Å². The first-order valence-electron chi connectivity index (χ1n) is 8.73. The van der Waals surface area contributed by atoms with Crippen LogP contribution in [0, 0.1) is 0 Å². The van der Waals surface area contributed by atoms with Crippen molar-refractivity contribution in [2.24, 2.45) is 0 Å². The minimum absolute atomic E-state index is 0.669. The van der Waals surface area contributed by atoms with Crippen molar-refractivity contribution in [2.45, 2.75) is 72.5 Å². The Morgan fingerprint density at radius 2 is 1.67 bits per heavy atom. The molecule has 1 aromatic carbocycles. The fraction of sp³-hybridized carbons (Fsp3) is 0.684. The molecule has 120 valence electrons. The summed E-state index contributed by atoms with van der Waals surface area (Å²) in [6, 6.07) is 9.80. The first-order chi connectivity index (χ1) is 10.2. The molecule has 1 atom stereocenters. The van der Waals surface area contributed by atoms with Gasteiger partial charge in [0.15, 0.2) is 0 Å². The van der Waals surface area contributed by atoms with Crippen LogP contribution in [0.4, 0.5) is 0 Å². The van der Waals surface area contributed by atoms with E-state index in [4.69, 9.17) is 0 Å². The van der Waals surface area contributed by atoms with Gasteiger partial charge in [-0.1, -0.05) is 51.5 Å². The van der Waals surface area contributed by atoms with E-state index in [1.807, 2.05) is 0 Å². The van der Waals surface area contributed by atoms with Crippen molar-refractivity contribution in [1.29, 1.82) is 0 Å². The van der Waals surface area contributed by atoms with Gasteiger partial charge in [-0.2, -0.15) is 0 Å². The molecule has 0 aliphatic heterocycles. The minimum Gasteiger partial charge on any atom is -0.313 e. The van der Waals surface area contributed by atoms with Crippen LogP contribution >= 0.6 is 0 Å². The van der Waals surface area contributed by atoms with Crippen molar-refractivity contribution in [3.63, 3.8) is 0 Å². The topological polar surface area (TPSA) is 15.3 Å². The van der Waals surface area contributed by atoms with Crippen molar-refractivity contribution in [1.82, 2.24) is 10.2 Å². The number of rotatable bonds is 11. The number of nitrogens with one attached hydrogen (secondary N) is 1. The zero-order valence-electron chi connectivity index (χ0n) is 14.5. The Balaban J connectivity index is 2.54. The van der Waals surface area contributed by atoms with Gasteiger partial charge in [0, 0.05) is 19.1 Å². The van der Waals surface area contributed by atoms with Crippen molar-refractivity contribution in [2.75, 3.05) is 13.1 Å². The minimum atomic E-state index is 0.669. The van der Waals surface area contributed by atoms with Crippen molar-refractivity contribution < 1.29 is 0 Å². The van der Waals surface area contributed by atoms with E-state index >= 15 is 0 Å². The molecule has 0 saturated heterocycles. The predicted molar refractivity (Wildman–Crippen MR) is 93.5 cm³/mol. The van der Waals surface area contributed by atoms with E-state index in [1.54, 1.807) is 0 Å². The molecule has 0 bridgehead atoms. The maximum atomic E-state index is 3.46. The summed E-state index contributed by atoms with van der Waals surface area (Å²) in [5, 5.41) is 3.46. The zero-order valence-corrected chi connectivity index (χ0v) is 14.5. The molecule has 0 aliphatic rings. The van der Waals surface area contributed by atoms with E-state index < -0.39 is 0 Å². The van der Waals surface area contributed by atoms with Gasteiger partial charge in [-0.05, 0) is 50.4 Å². The third-order valence-corrected chi connectivity index (χ3v) is 4.18. The largest absolute Gasteiger partial charge is 0.313 e. The predicted octanol–water partition coefficient (Wildman–Crippen LogP) is 4.59. The number of hydrogen-bond acceptors (Lipinski definition) is 2. The van der Waals surface area contributed by atoms with Gasteiger partial charge < -0.3 is 5.32 Å². The second-order valence-corrected chi connectivity index (χ2v) is 6.07. The molecule has 1 unspecified atom stereocenters. The van der Waals surface area contributed by atoms with Gasteiger partial charge in [0.25, 0.3) is 0 Å². The van der Waals surface area contributed by atoms with E-state index in [-0.39, 0.29) is 0 Å². The van der Waals surface area contributed by atoms with Crippen LogP contribution < -0.4 is 5.32 Å². The zero-order chi connectivity index (χ0) is 15.5. The Morgan fingerprint density at radius 3 is 2.24 bits per heavy atom. The van der Waals surface area contributed by atoms with Gasteiger partial charge in [0.1, 0.15) is 0 Å². The molecule has 0 saturated carbocycles. The summed E-state index contributed by atoms with van der Waals surface area (Å²) in [6.45, 7) is 13.5. The standard InChI is InChI=1S/C19H34N2/c1-5-8-14-21(17(4)7-3)16-19-11-9-18(10-12-19)15-20-13-6-2/h9-12,17,20H,5-8,13-16H2,1-4H3. The smallest absolute Gasteiger partial charge is 0.0236 e. The highest BCUT2D eigenvalue weighted by Crippen LogP contribution is 2.13.